The lowest BCUT2D eigenvalue weighted by Crippen LogP contribution is -2.00. The van der Waals surface area contributed by atoms with E-state index in [-0.39, 0.29) is 11.3 Å². The van der Waals surface area contributed by atoms with Crippen LogP contribution in [0.4, 0.5) is 0 Å². The normalized spacial score (nSPS) is 10.9. The third kappa shape index (κ3) is 1.35. The fourth-order valence-electron chi connectivity index (χ4n) is 2.14. The highest BCUT2D eigenvalue weighted by Crippen LogP contribution is 2.36. The van der Waals surface area contributed by atoms with E-state index in [9.17, 15) is 4.79 Å². The maximum atomic E-state index is 11.1. The number of aromatic carboxylic acids is 1. The fourth-order valence-corrected chi connectivity index (χ4v) is 2.14. The van der Waals surface area contributed by atoms with Crippen molar-refractivity contribution < 1.29 is 19.1 Å². The average molecular weight is 242 g/mol. The minimum absolute atomic E-state index is 0.101. The third-order valence-electron chi connectivity index (χ3n) is 2.94. The summed E-state index contributed by atoms with van der Waals surface area (Å²) in [5.74, 6) is -0.773. The Morgan fingerprint density at radius 1 is 1.17 bits per heavy atom. The van der Waals surface area contributed by atoms with E-state index in [1.165, 1.54) is 13.2 Å². The minimum Gasteiger partial charge on any atom is -0.492 e. The van der Waals surface area contributed by atoms with Gasteiger partial charge in [-0.2, -0.15) is 0 Å². The largest absolute Gasteiger partial charge is 0.492 e. The van der Waals surface area contributed by atoms with Crippen LogP contribution < -0.4 is 4.74 Å². The predicted octanol–water partition coefficient (Wildman–Crippen LogP) is 3.29. The standard InChI is InChI=1S/C14H10O4/c1-17-12-10(14(15)16)7-6-9-8-4-2-3-5-11(8)18-13(9)12/h2-7H,1H3,(H,15,16). The van der Waals surface area contributed by atoms with Crippen molar-refractivity contribution >= 4 is 27.9 Å². The molecule has 0 atom stereocenters. The molecular formula is C14H10O4. The van der Waals surface area contributed by atoms with Gasteiger partial charge in [-0.3, -0.25) is 0 Å². The molecule has 0 saturated heterocycles. The number of fused-ring (bicyclic) bond motifs is 3. The molecule has 0 aliphatic rings. The van der Waals surface area contributed by atoms with Crippen molar-refractivity contribution in [3.8, 4) is 5.75 Å². The fraction of sp³-hybridized carbons (Fsp3) is 0.0714. The number of methoxy groups -OCH3 is 1. The number of carbonyl (C=O) groups is 1. The number of rotatable bonds is 2. The van der Waals surface area contributed by atoms with E-state index in [2.05, 4.69) is 0 Å². The van der Waals surface area contributed by atoms with Gasteiger partial charge < -0.3 is 14.3 Å². The highest BCUT2D eigenvalue weighted by atomic mass is 16.5. The molecule has 0 aliphatic heterocycles. The van der Waals surface area contributed by atoms with Crippen LogP contribution in [0.15, 0.2) is 40.8 Å². The number of hydrogen-bond acceptors (Lipinski definition) is 3. The predicted molar refractivity (Wildman–Crippen MR) is 67.2 cm³/mol. The number of para-hydroxylation sites is 1. The smallest absolute Gasteiger partial charge is 0.339 e. The van der Waals surface area contributed by atoms with Crippen LogP contribution in [0.1, 0.15) is 10.4 Å². The lowest BCUT2D eigenvalue weighted by Gasteiger charge is -2.04. The number of hydrogen-bond donors (Lipinski definition) is 1. The van der Waals surface area contributed by atoms with Crippen molar-refractivity contribution in [1.29, 1.82) is 0 Å². The molecule has 4 nitrogen and oxygen atoms in total. The molecule has 0 aliphatic carbocycles. The molecule has 0 saturated carbocycles. The summed E-state index contributed by atoms with van der Waals surface area (Å²) in [6.45, 7) is 0. The summed E-state index contributed by atoms with van der Waals surface area (Å²) in [4.78, 5) is 11.1. The van der Waals surface area contributed by atoms with Crippen LogP contribution in [0.2, 0.25) is 0 Å². The van der Waals surface area contributed by atoms with Gasteiger partial charge in [0.05, 0.1) is 7.11 Å². The Morgan fingerprint density at radius 2 is 1.94 bits per heavy atom. The molecule has 0 amide bonds. The Hall–Kier alpha value is -2.49. The second-order valence-corrected chi connectivity index (χ2v) is 3.93. The first-order valence-electron chi connectivity index (χ1n) is 5.44. The summed E-state index contributed by atoms with van der Waals surface area (Å²) in [6.07, 6.45) is 0. The Morgan fingerprint density at radius 3 is 2.67 bits per heavy atom. The second-order valence-electron chi connectivity index (χ2n) is 3.93. The molecule has 1 N–H and O–H groups in total. The Kier molecular flexibility index (Phi) is 2.23. The summed E-state index contributed by atoms with van der Waals surface area (Å²) < 4.78 is 10.9. The molecule has 18 heavy (non-hydrogen) atoms. The SMILES string of the molecule is COc1c(C(=O)O)ccc2c1oc1ccccc12. The van der Waals surface area contributed by atoms with Gasteiger partial charge in [-0.1, -0.05) is 18.2 Å². The lowest BCUT2D eigenvalue weighted by molar-refractivity contribution is 0.0693. The first-order valence-corrected chi connectivity index (χ1v) is 5.44. The highest BCUT2D eigenvalue weighted by Gasteiger charge is 2.18. The molecule has 4 heteroatoms. The molecular weight excluding hydrogens is 232 g/mol. The van der Waals surface area contributed by atoms with Crippen molar-refractivity contribution in [2.45, 2.75) is 0 Å². The number of carboxylic acid groups (broad SMARTS) is 1. The highest BCUT2D eigenvalue weighted by molar-refractivity contribution is 6.09. The van der Waals surface area contributed by atoms with Gasteiger partial charge in [0.25, 0.3) is 0 Å². The molecule has 0 unspecified atom stereocenters. The van der Waals surface area contributed by atoms with Gasteiger partial charge in [0.2, 0.25) is 0 Å². The van der Waals surface area contributed by atoms with Gasteiger partial charge in [-0.15, -0.1) is 0 Å². The monoisotopic (exact) mass is 242 g/mol. The number of benzene rings is 2. The third-order valence-corrected chi connectivity index (χ3v) is 2.94. The first-order chi connectivity index (χ1) is 8.72. The molecule has 1 aromatic heterocycles. The zero-order valence-corrected chi connectivity index (χ0v) is 9.64. The van der Waals surface area contributed by atoms with Crippen LogP contribution >= 0.6 is 0 Å². The van der Waals surface area contributed by atoms with Crippen molar-refractivity contribution in [2.24, 2.45) is 0 Å². The van der Waals surface area contributed by atoms with E-state index in [1.807, 2.05) is 24.3 Å². The van der Waals surface area contributed by atoms with E-state index in [0.29, 0.717) is 11.2 Å². The van der Waals surface area contributed by atoms with Crippen LogP contribution in [0.5, 0.6) is 5.75 Å². The quantitative estimate of drug-likeness (QED) is 0.749. The lowest BCUT2D eigenvalue weighted by atomic mass is 10.1. The molecule has 0 bridgehead atoms. The van der Waals surface area contributed by atoms with Crippen LogP contribution in [0, 0.1) is 0 Å². The van der Waals surface area contributed by atoms with Crippen LogP contribution in [0.25, 0.3) is 21.9 Å². The van der Waals surface area contributed by atoms with Gasteiger partial charge in [-0.05, 0) is 18.2 Å². The van der Waals surface area contributed by atoms with Gasteiger partial charge >= 0.3 is 5.97 Å². The van der Waals surface area contributed by atoms with Crippen molar-refractivity contribution in [1.82, 2.24) is 0 Å². The molecule has 3 aromatic rings. The maximum absolute atomic E-state index is 11.1. The molecule has 2 aromatic carbocycles. The summed E-state index contributed by atoms with van der Waals surface area (Å²) in [7, 11) is 1.44. The summed E-state index contributed by atoms with van der Waals surface area (Å²) in [5, 5.41) is 10.9. The summed E-state index contributed by atoms with van der Waals surface area (Å²) >= 11 is 0. The minimum atomic E-state index is -1.03. The number of carboxylic acids is 1. The maximum Gasteiger partial charge on any atom is 0.339 e. The van der Waals surface area contributed by atoms with Crippen molar-refractivity contribution in [3.05, 3.63) is 42.0 Å². The molecule has 0 radical (unpaired) electrons. The van der Waals surface area contributed by atoms with E-state index >= 15 is 0 Å². The molecule has 90 valence electrons. The molecule has 0 spiro atoms. The number of furan rings is 1. The van der Waals surface area contributed by atoms with E-state index in [0.717, 1.165) is 10.8 Å². The molecule has 1 heterocycles. The zero-order chi connectivity index (χ0) is 12.7. The van der Waals surface area contributed by atoms with Gasteiger partial charge in [0, 0.05) is 10.8 Å². The van der Waals surface area contributed by atoms with Gasteiger partial charge in [0.1, 0.15) is 11.1 Å². The van der Waals surface area contributed by atoms with E-state index in [4.69, 9.17) is 14.3 Å². The Bertz CT molecular complexity index is 755. The van der Waals surface area contributed by atoms with Crippen molar-refractivity contribution in [3.63, 3.8) is 0 Å². The van der Waals surface area contributed by atoms with Crippen molar-refractivity contribution in [2.75, 3.05) is 7.11 Å². The van der Waals surface area contributed by atoms with Crippen LogP contribution in [-0.2, 0) is 0 Å². The summed E-state index contributed by atoms with van der Waals surface area (Å²) in [5.41, 5.74) is 1.29. The zero-order valence-electron chi connectivity index (χ0n) is 9.64. The second kappa shape index (κ2) is 3.77. The summed E-state index contributed by atoms with van der Waals surface area (Å²) in [6, 6.07) is 10.8. The Balaban J connectivity index is 2.48. The topological polar surface area (TPSA) is 59.7 Å². The first kappa shape index (κ1) is 10.7. The van der Waals surface area contributed by atoms with Gasteiger partial charge in [-0.25, -0.2) is 4.79 Å². The Labute approximate surface area is 102 Å². The van der Waals surface area contributed by atoms with Crippen LogP contribution in [0.3, 0.4) is 0 Å². The van der Waals surface area contributed by atoms with Gasteiger partial charge in [0.15, 0.2) is 11.3 Å². The van der Waals surface area contributed by atoms with Crippen LogP contribution in [-0.4, -0.2) is 18.2 Å². The molecule has 3 rings (SSSR count). The molecule has 0 fully saturated rings. The average Bonchev–Trinajstić information content (AvgIpc) is 2.75. The van der Waals surface area contributed by atoms with E-state index < -0.39 is 5.97 Å². The number of ether oxygens (including phenoxy) is 1. The van der Waals surface area contributed by atoms with E-state index in [1.54, 1.807) is 6.07 Å².